The third-order valence-corrected chi connectivity index (χ3v) is 3.25. The van der Waals surface area contributed by atoms with Crippen molar-refractivity contribution >= 4 is 23.2 Å². The van der Waals surface area contributed by atoms with E-state index in [0.717, 1.165) is 11.3 Å². The molecule has 1 amide bonds. The minimum Gasteiger partial charge on any atom is -0.482 e. The molecule has 0 aliphatic rings. The van der Waals surface area contributed by atoms with Gasteiger partial charge in [-0.05, 0) is 36.2 Å². The molecule has 2 aromatic rings. The molecule has 2 N–H and O–H groups in total. The summed E-state index contributed by atoms with van der Waals surface area (Å²) in [7, 11) is 0. The first-order chi connectivity index (χ1) is 10.1. The summed E-state index contributed by atoms with van der Waals surface area (Å²) in [6.45, 7) is 1.70. The van der Waals surface area contributed by atoms with Crippen LogP contribution in [0.25, 0.3) is 0 Å². The Morgan fingerprint density at radius 2 is 2.05 bits per heavy atom. The minimum atomic E-state index is -0.258. The first kappa shape index (κ1) is 15.4. The summed E-state index contributed by atoms with van der Waals surface area (Å²) in [6, 6.07) is 12.4. The molecule has 2 rings (SSSR count). The van der Waals surface area contributed by atoms with Crippen LogP contribution in [0.4, 0.5) is 5.69 Å². The Morgan fingerprint density at radius 1 is 1.29 bits per heavy atom. The van der Waals surface area contributed by atoms with Crippen molar-refractivity contribution < 1.29 is 14.6 Å². The smallest absolute Gasteiger partial charge is 0.262 e. The van der Waals surface area contributed by atoms with Crippen molar-refractivity contribution in [3.05, 3.63) is 58.6 Å². The maximum Gasteiger partial charge on any atom is 0.262 e. The summed E-state index contributed by atoms with van der Waals surface area (Å²) < 4.78 is 5.38. The zero-order chi connectivity index (χ0) is 15.2. The lowest BCUT2D eigenvalue weighted by molar-refractivity contribution is -0.118. The highest BCUT2D eigenvalue weighted by Gasteiger charge is 2.08. The Morgan fingerprint density at radius 3 is 2.71 bits per heavy atom. The van der Waals surface area contributed by atoms with Crippen molar-refractivity contribution in [2.45, 2.75) is 13.5 Å². The molecular weight excluding hydrogens is 290 g/mol. The molecule has 110 valence electrons. The number of aliphatic hydroxyl groups is 1. The van der Waals surface area contributed by atoms with E-state index in [1.54, 1.807) is 18.2 Å². The van der Waals surface area contributed by atoms with Gasteiger partial charge in [0.25, 0.3) is 5.91 Å². The van der Waals surface area contributed by atoms with Crippen molar-refractivity contribution in [3.63, 3.8) is 0 Å². The van der Waals surface area contributed by atoms with Gasteiger partial charge in [-0.2, -0.15) is 0 Å². The average molecular weight is 306 g/mol. The summed E-state index contributed by atoms with van der Waals surface area (Å²) >= 11 is 6.01. The molecule has 0 aliphatic heterocycles. The Balaban J connectivity index is 1.94. The van der Waals surface area contributed by atoms with Gasteiger partial charge >= 0.3 is 0 Å². The number of nitrogens with one attached hydrogen (secondary N) is 1. The molecule has 0 heterocycles. The monoisotopic (exact) mass is 305 g/mol. The Hall–Kier alpha value is -2.04. The molecule has 0 bridgehead atoms. The number of aryl methyl sites for hydroxylation is 1. The quantitative estimate of drug-likeness (QED) is 0.892. The standard InChI is InChI=1S/C16H16ClNO3/c1-11-4-2-3-5-14(11)18-16(20)10-21-15-7-6-12(9-19)8-13(15)17/h2-8,19H,9-10H2,1H3,(H,18,20). The third-order valence-electron chi connectivity index (χ3n) is 2.96. The van der Waals surface area contributed by atoms with Crippen molar-refractivity contribution in [2.75, 3.05) is 11.9 Å². The van der Waals surface area contributed by atoms with Crippen molar-refractivity contribution in [1.29, 1.82) is 0 Å². The lowest BCUT2D eigenvalue weighted by Gasteiger charge is -2.10. The van der Waals surface area contributed by atoms with E-state index in [4.69, 9.17) is 21.4 Å². The normalized spacial score (nSPS) is 10.2. The largest absolute Gasteiger partial charge is 0.482 e. The fourth-order valence-corrected chi connectivity index (χ4v) is 2.06. The number of rotatable bonds is 5. The minimum absolute atomic E-state index is 0.0895. The van der Waals surface area contributed by atoms with Crippen LogP contribution in [0.2, 0.25) is 5.02 Å². The molecule has 21 heavy (non-hydrogen) atoms. The van der Waals surface area contributed by atoms with Crippen LogP contribution in [0.1, 0.15) is 11.1 Å². The predicted octanol–water partition coefficient (Wildman–Crippen LogP) is 3.16. The van der Waals surface area contributed by atoms with Crippen LogP contribution in [0.3, 0.4) is 0 Å². The summed E-state index contributed by atoms with van der Waals surface area (Å²) in [5.41, 5.74) is 2.43. The number of carbonyl (C=O) groups is 1. The highest BCUT2D eigenvalue weighted by atomic mass is 35.5. The number of ether oxygens (including phenoxy) is 1. The Labute approximate surface area is 128 Å². The first-order valence-electron chi connectivity index (χ1n) is 6.47. The van der Waals surface area contributed by atoms with E-state index in [1.807, 2.05) is 31.2 Å². The van der Waals surface area contributed by atoms with Gasteiger partial charge in [0.15, 0.2) is 6.61 Å². The van der Waals surface area contributed by atoms with Crippen LogP contribution in [0.5, 0.6) is 5.75 Å². The summed E-state index contributed by atoms with van der Waals surface area (Å²) in [4.78, 5) is 11.9. The second-order valence-electron chi connectivity index (χ2n) is 4.57. The fraction of sp³-hybridized carbons (Fsp3) is 0.188. The van der Waals surface area contributed by atoms with Crippen LogP contribution in [0, 0.1) is 6.92 Å². The fourth-order valence-electron chi connectivity index (χ4n) is 1.80. The molecule has 5 heteroatoms. The Kier molecular flexibility index (Phi) is 5.20. The van der Waals surface area contributed by atoms with E-state index in [9.17, 15) is 4.79 Å². The van der Waals surface area contributed by atoms with E-state index in [1.165, 1.54) is 0 Å². The number of aliphatic hydroxyl groups excluding tert-OH is 1. The molecule has 2 aromatic carbocycles. The number of hydrogen-bond acceptors (Lipinski definition) is 3. The molecule has 0 saturated carbocycles. The van der Waals surface area contributed by atoms with Gasteiger partial charge in [-0.1, -0.05) is 35.9 Å². The third kappa shape index (κ3) is 4.21. The molecule has 0 aliphatic carbocycles. The van der Waals surface area contributed by atoms with Gasteiger partial charge in [-0.15, -0.1) is 0 Å². The van der Waals surface area contributed by atoms with Crippen LogP contribution in [-0.2, 0) is 11.4 Å². The maximum atomic E-state index is 11.9. The molecule has 0 radical (unpaired) electrons. The van der Waals surface area contributed by atoms with Gasteiger partial charge in [0.1, 0.15) is 5.75 Å². The zero-order valence-electron chi connectivity index (χ0n) is 11.6. The van der Waals surface area contributed by atoms with E-state index < -0.39 is 0 Å². The molecule has 0 saturated heterocycles. The Bertz CT molecular complexity index is 643. The van der Waals surface area contributed by atoms with Crippen LogP contribution in [-0.4, -0.2) is 17.6 Å². The number of amides is 1. The maximum absolute atomic E-state index is 11.9. The predicted molar refractivity (Wildman–Crippen MR) is 82.7 cm³/mol. The van der Waals surface area contributed by atoms with Crippen LogP contribution >= 0.6 is 11.6 Å². The number of hydrogen-bond donors (Lipinski definition) is 2. The molecule has 0 atom stereocenters. The summed E-state index contributed by atoms with van der Waals surface area (Å²) in [5, 5.41) is 12.1. The summed E-state index contributed by atoms with van der Waals surface area (Å²) in [6.07, 6.45) is 0. The van der Waals surface area contributed by atoms with Crippen molar-refractivity contribution in [2.24, 2.45) is 0 Å². The van der Waals surface area contributed by atoms with E-state index in [-0.39, 0.29) is 19.1 Å². The van der Waals surface area contributed by atoms with Crippen molar-refractivity contribution in [1.82, 2.24) is 0 Å². The van der Waals surface area contributed by atoms with Crippen molar-refractivity contribution in [3.8, 4) is 5.75 Å². The van der Waals surface area contributed by atoms with Gasteiger partial charge in [0.05, 0.1) is 11.6 Å². The van der Waals surface area contributed by atoms with E-state index in [2.05, 4.69) is 5.32 Å². The van der Waals surface area contributed by atoms with Gasteiger partial charge in [0, 0.05) is 5.69 Å². The van der Waals surface area contributed by atoms with Gasteiger partial charge in [-0.25, -0.2) is 0 Å². The van der Waals surface area contributed by atoms with Crippen LogP contribution in [0.15, 0.2) is 42.5 Å². The number of para-hydroxylation sites is 1. The molecule has 0 unspecified atom stereocenters. The molecule has 0 fully saturated rings. The number of halogens is 1. The van der Waals surface area contributed by atoms with E-state index in [0.29, 0.717) is 16.3 Å². The molecule has 4 nitrogen and oxygen atoms in total. The highest BCUT2D eigenvalue weighted by Crippen LogP contribution is 2.25. The summed E-state index contributed by atoms with van der Waals surface area (Å²) in [5.74, 6) is 0.153. The highest BCUT2D eigenvalue weighted by molar-refractivity contribution is 6.32. The molecular formula is C16H16ClNO3. The zero-order valence-corrected chi connectivity index (χ0v) is 12.4. The molecule has 0 aromatic heterocycles. The average Bonchev–Trinajstić information content (AvgIpc) is 2.48. The lowest BCUT2D eigenvalue weighted by Crippen LogP contribution is -2.20. The number of carbonyl (C=O) groups excluding carboxylic acids is 1. The number of anilines is 1. The SMILES string of the molecule is Cc1ccccc1NC(=O)COc1ccc(CO)cc1Cl. The van der Waals surface area contributed by atoms with Gasteiger partial charge < -0.3 is 15.2 Å². The first-order valence-corrected chi connectivity index (χ1v) is 6.85. The van der Waals surface area contributed by atoms with Gasteiger partial charge in [0.2, 0.25) is 0 Å². The second-order valence-corrected chi connectivity index (χ2v) is 4.98. The lowest BCUT2D eigenvalue weighted by atomic mass is 10.2. The number of benzene rings is 2. The molecule has 0 spiro atoms. The van der Waals surface area contributed by atoms with Crippen LogP contribution < -0.4 is 10.1 Å². The van der Waals surface area contributed by atoms with Gasteiger partial charge in [-0.3, -0.25) is 4.79 Å². The second kappa shape index (κ2) is 7.11. The van der Waals surface area contributed by atoms with E-state index >= 15 is 0 Å². The topological polar surface area (TPSA) is 58.6 Å².